The molecule has 1 nitrogen and oxygen atoms in total. The first-order valence-electron chi connectivity index (χ1n) is 6.93. The van der Waals surface area contributed by atoms with Gasteiger partial charge in [0.25, 0.3) is 0 Å². The number of aryl methyl sites for hydroxylation is 1. The maximum Gasteiger partial charge on any atom is 0.0659 e. The van der Waals surface area contributed by atoms with E-state index in [1.54, 1.807) is 4.88 Å². The number of fused-ring (bicyclic) bond motifs is 1. The minimum atomic E-state index is 0.348. The van der Waals surface area contributed by atoms with Gasteiger partial charge < -0.3 is 5.32 Å². The second kappa shape index (κ2) is 6.34. The number of nitrogens with one attached hydrogen (secondary N) is 1. The highest BCUT2D eigenvalue weighted by molar-refractivity contribution is 14.1. The molecule has 0 spiro atoms. The van der Waals surface area contributed by atoms with Gasteiger partial charge in [0.15, 0.2) is 0 Å². The van der Waals surface area contributed by atoms with Crippen LogP contribution in [0.1, 0.15) is 47.9 Å². The van der Waals surface area contributed by atoms with Crippen LogP contribution in [0.3, 0.4) is 0 Å². The fraction of sp³-hybridized carbons (Fsp3) is 0.375. The quantitative estimate of drug-likeness (QED) is 0.628. The van der Waals surface area contributed by atoms with E-state index in [-0.39, 0.29) is 0 Å². The Morgan fingerprint density at radius 2 is 2.10 bits per heavy atom. The number of benzene rings is 1. The van der Waals surface area contributed by atoms with Crippen LogP contribution in [0.4, 0.5) is 0 Å². The predicted octanol–water partition coefficient (Wildman–Crippen LogP) is 5.73. The van der Waals surface area contributed by atoms with E-state index < -0.39 is 0 Å². The number of hydrogen-bond donors (Lipinski definition) is 1. The topological polar surface area (TPSA) is 12.0 Å². The first kappa shape index (κ1) is 14.8. The van der Waals surface area contributed by atoms with Crippen LogP contribution in [0, 0.1) is 2.88 Å². The van der Waals surface area contributed by atoms with Gasteiger partial charge in [0.1, 0.15) is 0 Å². The second-order valence-corrected chi connectivity index (χ2v) is 8.78. The van der Waals surface area contributed by atoms with E-state index in [2.05, 4.69) is 53.0 Å². The van der Waals surface area contributed by atoms with Crippen molar-refractivity contribution >= 4 is 45.5 Å². The Labute approximate surface area is 142 Å². The molecule has 0 radical (unpaired) electrons. The van der Waals surface area contributed by atoms with Gasteiger partial charge in [0, 0.05) is 22.0 Å². The molecular formula is C16H17ClINS. The summed E-state index contributed by atoms with van der Waals surface area (Å²) in [7, 11) is 0. The molecule has 106 valence electrons. The molecule has 0 aliphatic heterocycles. The third kappa shape index (κ3) is 3.21. The van der Waals surface area contributed by atoms with Crippen molar-refractivity contribution in [2.24, 2.45) is 0 Å². The summed E-state index contributed by atoms with van der Waals surface area (Å²) in [6, 6.07) is 11.3. The maximum atomic E-state index is 5.96. The molecule has 3 rings (SSSR count). The number of rotatable bonds is 3. The normalized spacial score (nSPS) is 19.6. The maximum absolute atomic E-state index is 5.96. The van der Waals surface area contributed by atoms with E-state index in [1.165, 1.54) is 33.3 Å². The van der Waals surface area contributed by atoms with Gasteiger partial charge in [-0.2, -0.15) is 0 Å². The van der Waals surface area contributed by atoms with E-state index in [4.69, 9.17) is 11.6 Å². The zero-order valence-electron chi connectivity index (χ0n) is 11.3. The lowest BCUT2D eigenvalue weighted by atomic mass is 9.93. The van der Waals surface area contributed by atoms with E-state index >= 15 is 0 Å². The van der Waals surface area contributed by atoms with Gasteiger partial charge >= 0.3 is 0 Å². The van der Waals surface area contributed by atoms with Gasteiger partial charge in [-0.1, -0.05) is 23.7 Å². The van der Waals surface area contributed by atoms with E-state index in [0.717, 1.165) is 5.02 Å². The predicted molar refractivity (Wildman–Crippen MR) is 95.7 cm³/mol. The summed E-state index contributed by atoms with van der Waals surface area (Å²) in [4.78, 5) is 1.57. The van der Waals surface area contributed by atoms with Crippen LogP contribution in [-0.4, -0.2) is 0 Å². The van der Waals surface area contributed by atoms with Crippen molar-refractivity contribution in [1.82, 2.24) is 5.32 Å². The summed E-state index contributed by atoms with van der Waals surface area (Å²) in [5.41, 5.74) is 2.82. The van der Waals surface area contributed by atoms with Crippen LogP contribution in [-0.2, 0) is 6.42 Å². The van der Waals surface area contributed by atoms with Crippen LogP contribution < -0.4 is 5.32 Å². The monoisotopic (exact) mass is 417 g/mol. The SMILES string of the molecule is C[C@H](NC1CCCc2sc(I)cc21)c1ccc(Cl)cc1. The third-order valence-electron chi connectivity index (χ3n) is 3.90. The molecule has 0 amide bonds. The molecule has 1 aromatic heterocycles. The largest absolute Gasteiger partial charge is 0.303 e. The van der Waals surface area contributed by atoms with Crippen LogP contribution in [0.25, 0.3) is 0 Å². The Morgan fingerprint density at radius 3 is 2.85 bits per heavy atom. The summed E-state index contributed by atoms with van der Waals surface area (Å²) < 4.78 is 1.40. The molecule has 1 aromatic carbocycles. The molecule has 1 aliphatic rings. The van der Waals surface area contributed by atoms with Crippen LogP contribution >= 0.6 is 45.5 Å². The summed E-state index contributed by atoms with van der Waals surface area (Å²) >= 11 is 10.3. The Balaban J connectivity index is 1.76. The zero-order valence-corrected chi connectivity index (χ0v) is 15.1. The molecular weight excluding hydrogens is 401 g/mol. The standard InChI is InChI=1S/C16H17ClINS/c1-10(11-5-7-12(17)8-6-11)19-14-3-2-4-15-13(14)9-16(18)20-15/h5-10,14,19H,2-4H2,1H3/t10-,14?/m0/s1. The molecule has 0 saturated carbocycles. The third-order valence-corrected chi connectivity index (χ3v) is 6.13. The number of halogens is 2. The van der Waals surface area contributed by atoms with E-state index in [0.29, 0.717) is 12.1 Å². The molecule has 0 bridgehead atoms. The smallest absolute Gasteiger partial charge is 0.0659 e. The van der Waals surface area contributed by atoms with Gasteiger partial charge in [-0.25, -0.2) is 0 Å². The lowest BCUT2D eigenvalue weighted by molar-refractivity contribution is 0.418. The Kier molecular flexibility index (Phi) is 4.70. The molecule has 1 unspecified atom stereocenters. The van der Waals surface area contributed by atoms with Gasteiger partial charge in [0.05, 0.1) is 2.88 Å². The van der Waals surface area contributed by atoms with Crippen molar-refractivity contribution in [2.45, 2.75) is 38.3 Å². The molecule has 0 saturated heterocycles. The van der Waals surface area contributed by atoms with Gasteiger partial charge in [-0.15, -0.1) is 11.3 Å². The lowest BCUT2D eigenvalue weighted by Gasteiger charge is -2.27. The molecule has 2 atom stereocenters. The summed E-state index contributed by atoms with van der Waals surface area (Å²) in [6.07, 6.45) is 3.77. The Bertz CT molecular complexity index is 593. The van der Waals surface area contributed by atoms with Gasteiger partial charge in [0.2, 0.25) is 0 Å². The van der Waals surface area contributed by atoms with Crippen molar-refractivity contribution in [2.75, 3.05) is 0 Å². The summed E-state index contributed by atoms with van der Waals surface area (Å²) in [5.74, 6) is 0. The molecule has 4 heteroatoms. The molecule has 0 fully saturated rings. The fourth-order valence-corrected chi connectivity index (χ4v) is 5.09. The molecule has 1 aliphatic carbocycles. The second-order valence-electron chi connectivity index (χ2n) is 5.31. The van der Waals surface area contributed by atoms with Crippen molar-refractivity contribution in [3.05, 3.63) is 54.2 Å². The van der Waals surface area contributed by atoms with Crippen LogP contribution in [0.5, 0.6) is 0 Å². The molecule has 1 N–H and O–H groups in total. The highest BCUT2D eigenvalue weighted by atomic mass is 127. The van der Waals surface area contributed by atoms with Crippen molar-refractivity contribution < 1.29 is 0 Å². The molecule has 2 aromatic rings. The minimum absolute atomic E-state index is 0.348. The lowest BCUT2D eigenvalue weighted by Crippen LogP contribution is -2.27. The Morgan fingerprint density at radius 1 is 1.35 bits per heavy atom. The van der Waals surface area contributed by atoms with Gasteiger partial charge in [-0.3, -0.25) is 0 Å². The van der Waals surface area contributed by atoms with E-state index in [1.807, 2.05) is 23.5 Å². The fourth-order valence-electron chi connectivity index (χ4n) is 2.84. The highest BCUT2D eigenvalue weighted by Crippen LogP contribution is 2.37. The van der Waals surface area contributed by atoms with Crippen molar-refractivity contribution in [3.8, 4) is 0 Å². The summed E-state index contributed by atoms with van der Waals surface area (Å²) in [5, 5.41) is 4.58. The Hall–Kier alpha value is -0.100. The highest BCUT2D eigenvalue weighted by Gasteiger charge is 2.23. The van der Waals surface area contributed by atoms with Crippen molar-refractivity contribution in [3.63, 3.8) is 0 Å². The molecule has 20 heavy (non-hydrogen) atoms. The zero-order chi connectivity index (χ0) is 14.1. The average molecular weight is 418 g/mol. The van der Waals surface area contributed by atoms with Crippen LogP contribution in [0.15, 0.2) is 30.3 Å². The summed E-state index contributed by atoms with van der Waals surface area (Å²) in [6.45, 7) is 2.23. The number of thiophene rings is 1. The minimum Gasteiger partial charge on any atom is -0.303 e. The first-order chi connectivity index (χ1) is 9.63. The number of hydrogen-bond acceptors (Lipinski definition) is 2. The van der Waals surface area contributed by atoms with E-state index in [9.17, 15) is 0 Å². The van der Waals surface area contributed by atoms with Crippen LogP contribution in [0.2, 0.25) is 5.02 Å². The van der Waals surface area contributed by atoms with Gasteiger partial charge in [-0.05, 0) is 78.1 Å². The molecule has 1 heterocycles. The first-order valence-corrected chi connectivity index (χ1v) is 9.20. The average Bonchev–Trinajstić information content (AvgIpc) is 2.81. The van der Waals surface area contributed by atoms with Crippen molar-refractivity contribution in [1.29, 1.82) is 0 Å².